The van der Waals surface area contributed by atoms with Crippen LogP contribution in [0.3, 0.4) is 0 Å². The maximum absolute atomic E-state index is 12.8. The minimum atomic E-state index is -0.563. The van der Waals surface area contributed by atoms with Crippen molar-refractivity contribution in [3.05, 3.63) is 53.1 Å². The highest BCUT2D eigenvalue weighted by atomic mass is 35.5. The number of hydrogen-bond donors (Lipinski definition) is 1. The predicted octanol–water partition coefficient (Wildman–Crippen LogP) is 5.03. The third kappa shape index (κ3) is 5.34. The number of nitrogens with zero attached hydrogens (tertiary/aromatic N) is 2. The minimum absolute atomic E-state index is 0.120. The van der Waals surface area contributed by atoms with Crippen molar-refractivity contribution in [2.45, 2.75) is 32.4 Å². The zero-order valence-corrected chi connectivity index (χ0v) is 18.7. The number of carbonyl (C=O) groups excluding carboxylic acids is 2. The summed E-state index contributed by atoms with van der Waals surface area (Å²) in [5.41, 5.74) is 2.25. The summed E-state index contributed by atoms with van der Waals surface area (Å²) in [5, 5.41) is 3.42. The van der Waals surface area contributed by atoms with Gasteiger partial charge in [-0.1, -0.05) is 29.4 Å². The number of rotatable bonds is 6. The van der Waals surface area contributed by atoms with Gasteiger partial charge in [0.1, 0.15) is 11.0 Å². The molecule has 6 nitrogen and oxygen atoms in total. The second-order valence-corrected chi connectivity index (χ2v) is 8.30. The Morgan fingerprint density at radius 2 is 2.00 bits per heavy atom. The van der Waals surface area contributed by atoms with Crippen LogP contribution in [0.15, 0.2) is 47.5 Å². The molecule has 8 heteroatoms. The molecule has 1 fully saturated rings. The number of benzene rings is 2. The van der Waals surface area contributed by atoms with Gasteiger partial charge in [-0.2, -0.15) is 0 Å². The molecule has 1 aliphatic heterocycles. The van der Waals surface area contributed by atoms with Crippen LogP contribution in [0.5, 0.6) is 5.75 Å². The van der Waals surface area contributed by atoms with Crippen molar-refractivity contribution >= 4 is 51.7 Å². The van der Waals surface area contributed by atoms with Crippen molar-refractivity contribution in [3.8, 4) is 5.75 Å². The van der Waals surface area contributed by atoms with Crippen molar-refractivity contribution < 1.29 is 14.3 Å². The van der Waals surface area contributed by atoms with Gasteiger partial charge < -0.3 is 10.1 Å². The smallest absolute Gasteiger partial charge is 0.238 e. The maximum atomic E-state index is 12.8. The van der Waals surface area contributed by atoms with Crippen LogP contribution in [-0.4, -0.2) is 40.3 Å². The lowest BCUT2D eigenvalue weighted by molar-refractivity contribution is -0.129. The molecule has 0 saturated carbocycles. The summed E-state index contributed by atoms with van der Waals surface area (Å²) in [6.07, 6.45) is 0.120. The number of aliphatic imine (C=N–C) groups is 1. The molecular formula is C22H24ClN3O3S. The molecule has 0 radical (unpaired) electrons. The average Bonchev–Trinajstić information content (AvgIpc) is 2.72. The van der Waals surface area contributed by atoms with Gasteiger partial charge in [-0.15, -0.1) is 0 Å². The lowest BCUT2D eigenvalue weighted by Crippen LogP contribution is -2.45. The molecule has 1 unspecified atom stereocenters. The van der Waals surface area contributed by atoms with Crippen LogP contribution in [-0.2, 0) is 9.59 Å². The molecular weight excluding hydrogens is 422 g/mol. The summed E-state index contributed by atoms with van der Waals surface area (Å²) in [7, 11) is 0. The van der Waals surface area contributed by atoms with Gasteiger partial charge in [-0.25, -0.2) is 4.99 Å². The lowest BCUT2D eigenvalue weighted by atomic mass is 10.2. The Balaban J connectivity index is 1.77. The molecule has 1 N–H and O–H groups in total. The van der Waals surface area contributed by atoms with Gasteiger partial charge in [0.2, 0.25) is 11.8 Å². The van der Waals surface area contributed by atoms with Crippen LogP contribution in [0.1, 0.15) is 25.8 Å². The SMILES string of the molecule is CCOc1ccc(NC(=O)C2CC(=O)N(CC)C(=Nc3ccc(C)c(Cl)c3)S2)cc1. The maximum Gasteiger partial charge on any atom is 0.238 e. The Labute approximate surface area is 185 Å². The molecule has 0 bridgehead atoms. The molecule has 1 saturated heterocycles. The van der Waals surface area contributed by atoms with Gasteiger partial charge in [0, 0.05) is 23.7 Å². The van der Waals surface area contributed by atoms with Crippen molar-refractivity contribution in [2.24, 2.45) is 4.99 Å². The molecule has 2 amide bonds. The number of carbonyl (C=O) groups is 2. The van der Waals surface area contributed by atoms with Crippen molar-refractivity contribution in [1.29, 1.82) is 0 Å². The van der Waals surface area contributed by atoms with Crippen LogP contribution >= 0.6 is 23.4 Å². The first-order valence-corrected chi connectivity index (χ1v) is 11.0. The largest absolute Gasteiger partial charge is 0.494 e. The molecule has 2 aromatic rings. The molecule has 3 rings (SSSR count). The van der Waals surface area contributed by atoms with E-state index in [1.807, 2.05) is 32.9 Å². The van der Waals surface area contributed by atoms with E-state index in [0.29, 0.717) is 34.7 Å². The quantitative estimate of drug-likeness (QED) is 0.677. The van der Waals surface area contributed by atoms with E-state index in [4.69, 9.17) is 16.3 Å². The summed E-state index contributed by atoms with van der Waals surface area (Å²) < 4.78 is 5.41. The Morgan fingerprint density at radius 1 is 1.27 bits per heavy atom. The van der Waals surface area contributed by atoms with E-state index in [0.717, 1.165) is 11.3 Å². The monoisotopic (exact) mass is 445 g/mol. The summed E-state index contributed by atoms with van der Waals surface area (Å²) in [4.78, 5) is 31.6. The Bertz CT molecular complexity index is 963. The third-order valence-electron chi connectivity index (χ3n) is 4.56. The molecule has 30 heavy (non-hydrogen) atoms. The first-order valence-electron chi connectivity index (χ1n) is 9.76. The summed E-state index contributed by atoms with van der Waals surface area (Å²) in [5.74, 6) is 0.380. The molecule has 0 aromatic heterocycles. The Kier molecular flexibility index (Phi) is 7.39. The zero-order chi connectivity index (χ0) is 21.7. The first-order chi connectivity index (χ1) is 14.4. The fourth-order valence-corrected chi connectivity index (χ4v) is 4.28. The fraction of sp³-hybridized carbons (Fsp3) is 0.318. The summed E-state index contributed by atoms with van der Waals surface area (Å²) in [6.45, 7) is 6.77. The van der Waals surface area contributed by atoms with E-state index in [-0.39, 0.29) is 18.2 Å². The van der Waals surface area contributed by atoms with Crippen LogP contribution in [0.4, 0.5) is 11.4 Å². The second kappa shape index (κ2) is 10.00. The van der Waals surface area contributed by atoms with Crippen LogP contribution in [0.2, 0.25) is 5.02 Å². The van der Waals surface area contributed by atoms with Crippen LogP contribution in [0.25, 0.3) is 0 Å². The number of amidine groups is 1. The van der Waals surface area contributed by atoms with Gasteiger partial charge in [0.15, 0.2) is 5.17 Å². The fourth-order valence-electron chi connectivity index (χ4n) is 2.94. The molecule has 0 aliphatic carbocycles. The van der Waals surface area contributed by atoms with E-state index in [1.165, 1.54) is 11.8 Å². The molecule has 158 valence electrons. The molecule has 1 heterocycles. The molecule has 0 spiro atoms. The number of ether oxygens (including phenoxy) is 1. The second-order valence-electron chi connectivity index (χ2n) is 6.72. The highest BCUT2D eigenvalue weighted by molar-refractivity contribution is 8.15. The van der Waals surface area contributed by atoms with Gasteiger partial charge in [0.25, 0.3) is 0 Å². The molecule has 2 aromatic carbocycles. The van der Waals surface area contributed by atoms with E-state index in [2.05, 4.69) is 10.3 Å². The number of aryl methyl sites for hydroxylation is 1. The zero-order valence-electron chi connectivity index (χ0n) is 17.1. The first kappa shape index (κ1) is 22.2. The van der Waals surface area contributed by atoms with Crippen LogP contribution < -0.4 is 10.1 Å². The number of nitrogens with one attached hydrogen (secondary N) is 1. The van der Waals surface area contributed by atoms with Crippen molar-refractivity contribution in [1.82, 2.24) is 4.90 Å². The number of thioether (sulfide) groups is 1. The van der Waals surface area contributed by atoms with Gasteiger partial charge in [-0.3, -0.25) is 14.5 Å². The topological polar surface area (TPSA) is 71.0 Å². The van der Waals surface area contributed by atoms with Gasteiger partial charge >= 0.3 is 0 Å². The van der Waals surface area contributed by atoms with Gasteiger partial charge in [-0.05, 0) is 62.7 Å². The number of hydrogen-bond acceptors (Lipinski definition) is 5. The molecule has 1 atom stereocenters. The average molecular weight is 446 g/mol. The normalized spacial score (nSPS) is 17.9. The predicted molar refractivity (Wildman–Crippen MR) is 123 cm³/mol. The van der Waals surface area contributed by atoms with E-state index >= 15 is 0 Å². The van der Waals surface area contributed by atoms with Crippen molar-refractivity contribution in [2.75, 3.05) is 18.5 Å². The summed E-state index contributed by atoms with van der Waals surface area (Å²) >= 11 is 7.49. The minimum Gasteiger partial charge on any atom is -0.494 e. The Hall–Kier alpha value is -2.51. The highest BCUT2D eigenvalue weighted by Gasteiger charge is 2.35. The van der Waals surface area contributed by atoms with E-state index < -0.39 is 5.25 Å². The molecule has 1 aliphatic rings. The standard InChI is InChI=1S/C22H24ClN3O3S/c1-4-26-20(27)13-19(21(28)24-15-8-10-17(11-9-15)29-5-2)30-22(26)25-16-7-6-14(3)18(23)12-16/h6-12,19H,4-5,13H2,1-3H3,(H,24,28). The Morgan fingerprint density at radius 3 is 2.63 bits per heavy atom. The number of amides is 2. The van der Waals surface area contributed by atoms with E-state index in [9.17, 15) is 9.59 Å². The lowest BCUT2D eigenvalue weighted by Gasteiger charge is -2.31. The number of anilines is 1. The van der Waals surface area contributed by atoms with Crippen molar-refractivity contribution in [3.63, 3.8) is 0 Å². The summed E-state index contributed by atoms with van der Waals surface area (Å²) in [6, 6.07) is 12.6. The number of halogens is 1. The van der Waals surface area contributed by atoms with Crippen LogP contribution in [0, 0.1) is 6.92 Å². The van der Waals surface area contributed by atoms with E-state index in [1.54, 1.807) is 35.2 Å². The third-order valence-corrected chi connectivity index (χ3v) is 6.16. The highest BCUT2D eigenvalue weighted by Crippen LogP contribution is 2.31. The van der Waals surface area contributed by atoms with Gasteiger partial charge in [0.05, 0.1) is 12.3 Å².